The Hall–Kier alpha value is -4.30. The quantitative estimate of drug-likeness (QED) is 0.308. The number of ether oxygens (including phenoxy) is 1. The number of carbonyl (C=O) groups is 4. The van der Waals surface area contributed by atoms with Crippen LogP contribution in [0, 0.1) is 11.8 Å². The standard InChI is InChI=1S/C30H29N3O5/c1-18(34)20-9-8-12-23(17-20)33-27(35)24-25(28(33)36)30(29(37)38-4,21-10-6-5-7-11-21)31-26(24)19-13-15-22(16-14-19)32(2)3/h5-17,24-26,31H,1-4H3/t24-,25+,26-,30-/m1/s1. The van der Waals surface area contributed by atoms with Gasteiger partial charge in [-0.05, 0) is 42.3 Å². The Balaban J connectivity index is 1.70. The highest BCUT2D eigenvalue weighted by molar-refractivity contribution is 6.24. The third-order valence-corrected chi connectivity index (χ3v) is 7.58. The summed E-state index contributed by atoms with van der Waals surface area (Å²) < 4.78 is 5.28. The Morgan fingerprint density at radius 2 is 1.61 bits per heavy atom. The van der Waals surface area contributed by atoms with Crippen molar-refractivity contribution >= 4 is 34.9 Å². The van der Waals surface area contributed by atoms with E-state index in [1.54, 1.807) is 42.5 Å². The first-order valence-electron chi connectivity index (χ1n) is 12.4. The van der Waals surface area contributed by atoms with Gasteiger partial charge in [-0.3, -0.25) is 19.7 Å². The van der Waals surface area contributed by atoms with E-state index in [-0.39, 0.29) is 5.78 Å². The van der Waals surface area contributed by atoms with Crippen LogP contribution in [-0.4, -0.2) is 44.8 Å². The second-order valence-electron chi connectivity index (χ2n) is 9.90. The number of anilines is 2. The summed E-state index contributed by atoms with van der Waals surface area (Å²) in [4.78, 5) is 57.0. The summed E-state index contributed by atoms with van der Waals surface area (Å²) in [6.45, 7) is 1.43. The molecule has 0 saturated carbocycles. The van der Waals surface area contributed by atoms with Gasteiger partial charge in [0.1, 0.15) is 0 Å². The lowest BCUT2D eigenvalue weighted by Crippen LogP contribution is -2.53. The van der Waals surface area contributed by atoms with Crippen molar-refractivity contribution in [3.8, 4) is 0 Å². The van der Waals surface area contributed by atoms with Crippen LogP contribution in [0.25, 0.3) is 0 Å². The molecule has 0 radical (unpaired) electrons. The number of imide groups is 1. The molecule has 2 fully saturated rings. The van der Waals surface area contributed by atoms with Crippen molar-refractivity contribution in [2.45, 2.75) is 18.5 Å². The molecule has 194 valence electrons. The van der Waals surface area contributed by atoms with Crippen molar-refractivity contribution < 1.29 is 23.9 Å². The smallest absolute Gasteiger partial charge is 0.331 e. The number of methoxy groups -OCH3 is 1. The predicted octanol–water partition coefficient (Wildman–Crippen LogP) is 3.47. The lowest BCUT2D eigenvalue weighted by molar-refractivity contribution is -0.152. The van der Waals surface area contributed by atoms with Crippen molar-refractivity contribution in [1.29, 1.82) is 0 Å². The van der Waals surface area contributed by atoms with Crippen LogP contribution >= 0.6 is 0 Å². The number of fused-ring (bicyclic) bond motifs is 1. The topological polar surface area (TPSA) is 96.0 Å². The van der Waals surface area contributed by atoms with Crippen LogP contribution in [0.4, 0.5) is 11.4 Å². The molecule has 8 heteroatoms. The number of nitrogens with zero attached hydrogens (tertiary/aromatic N) is 2. The van der Waals surface area contributed by atoms with Gasteiger partial charge in [0.25, 0.3) is 0 Å². The molecule has 2 aliphatic heterocycles. The van der Waals surface area contributed by atoms with Gasteiger partial charge in [0, 0.05) is 31.4 Å². The molecule has 0 bridgehead atoms. The van der Waals surface area contributed by atoms with Gasteiger partial charge >= 0.3 is 5.97 Å². The lowest BCUT2D eigenvalue weighted by atomic mass is 9.75. The second-order valence-corrected chi connectivity index (χ2v) is 9.90. The number of hydrogen-bond acceptors (Lipinski definition) is 7. The molecule has 5 rings (SSSR count). The SMILES string of the molecule is COC(=O)[C@]1(c2ccccc2)N[C@H](c2ccc(N(C)C)cc2)[C@@H]2C(=O)N(c3cccc(C(C)=O)c3)C(=O)[C@H]21. The maximum absolute atomic E-state index is 14.2. The normalized spacial score (nSPS) is 24.3. The number of Topliss-reactive ketones (excluding diaryl/α,β-unsaturated/α-hetero) is 1. The van der Waals surface area contributed by atoms with Crippen LogP contribution in [0.1, 0.15) is 34.5 Å². The summed E-state index contributed by atoms with van der Waals surface area (Å²) >= 11 is 0. The van der Waals surface area contributed by atoms with Crippen molar-refractivity contribution in [3.63, 3.8) is 0 Å². The molecule has 1 N–H and O–H groups in total. The summed E-state index contributed by atoms with van der Waals surface area (Å²) in [5.41, 5.74) is 1.38. The third kappa shape index (κ3) is 3.80. The molecular weight excluding hydrogens is 482 g/mol. The number of nitrogens with one attached hydrogen (secondary N) is 1. The van der Waals surface area contributed by atoms with Crippen LogP contribution in [0.15, 0.2) is 78.9 Å². The summed E-state index contributed by atoms with van der Waals surface area (Å²) in [6.07, 6.45) is 0. The zero-order valence-electron chi connectivity index (χ0n) is 21.7. The highest BCUT2D eigenvalue weighted by Gasteiger charge is 2.69. The molecule has 4 atom stereocenters. The number of esters is 1. The number of rotatable bonds is 6. The maximum atomic E-state index is 14.2. The lowest BCUT2D eigenvalue weighted by Gasteiger charge is -2.33. The van der Waals surface area contributed by atoms with E-state index in [4.69, 9.17) is 4.74 Å². The van der Waals surface area contributed by atoms with Gasteiger partial charge < -0.3 is 9.64 Å². The Bertz CT molecular complexity index is 1420. The molecule has 0 aromatic heterocycles. The van der Waals surface area contributed by atoms with Crippen molar-refractivity contribution in [1.82, 2.24) is 5.32 Å². The van der Waals surface area contributed by atoms with Gasteiger partial charge in [0.2, 0.25) is 11.8 Å². The molecule has 3 aromatic carbocycles. The fraction of sp³-hybridized carbons (Fsp3) is 0.267. The number of benzene rings is 3. The Kier molecular flexibility index (Phi) is 6.36. The minimum absolute atomic E-state index is 0.181. The van der Waals surface area contributed by atoms with Crippen molar-refractivity contribution in [2.24, 2.45) is 11.8 Å². The van der Waals surface area contributed by atoms with Crippen LogP contribution in [-0.2, 0) is 24.7 Å². The second kappa shape index (κ2) is 9.54. The fourth-order valence-electron chi connectivity index (χ4n) is 5.72. The first-order chi connectivity index (χ1) is 18.2. The molecule has 2 aliphatic rings. The summed E-state index contributed by atoms with van der Waals surface area (Å²) in [6, 6.07) is 22.4. The van der Waals surface area contributed by atoms with Crippen LogP contribution in [0.3, 0.4) is 0 Å². The Labute approximate surface area is 221 Å². The van der Waals surface area contributed by atoms with E-state index < -0.39 is 41.2 Å². The van der Waals surface area contributed by atoms with Crippen molar-refractivity contribution in [3.05, 3.63) is 95.6 Å². The van der Waals surface area contributed by atoms with E-state index in [0.717, 1.165) is 16.2 Å². The minimum Gasteiger partial charge on any atom is -0.467 e. The fourth-order valence-corrected chi connectivity index (χ4v) is 5.72. The van der Waals surface area contributed by atoms with E-state index >= 15 is 0 Å². The Morgan fingerprint density at radius 1 is 0.921 bits per heavy atom. The van der Waals surface area contributed by atoms with Crippen LogP contribution < -0.4 is 15.1 Å². The van der Waals surface area contributed by atoms with Gasteiger partial charge in [-0.25, -0.2) is 9.69 Å². The van der Waals surface area contributed by atoms with Crippen LogP contribution in [0.2, 0.25) is 0 Å². The third-order valence-electron chi connectivity index (χ3n) is 7.58. The average molecular weight is 512 g/mol. The van der Waals surface area contributed by atoms with Gasteiger partial charge in [-0.2, -0.15) is 0 Å². The largest absolute Gasteiger partial charge is 0.467 e. The molecule has 0 spiro atoms. The van der Waals surface area contributed by atoms with E-state index in [9.17, 15) is 19.2 Å². The van der Waals surface area contributed by atoms with E-state index in [0.29, 0.717) is 16.8 Å². The Morgan fingerprint density at radius 3 is 2.21 bits per heavy atom. The number of hydrogen-bond donors (Lipinski definition) is 1. The van der Waals surface area contributed by atoms with Gasteiger partial charge in [-0.15, -0.1) is 0 Å². The zero-order valence-corrected chi connectivity index (χ0v) is 21.7. The number of carbonyl (C=O) groups excluding carboxylic acids is 4. The van der Waals surface area contributed by atoms with E-state index in [2.05, 4.69) is 5.32 Å². The predicted molar refractivity (Wildman–Crippen MR) is 143 cm³/mol. The van der Waals surface area contributed by atoms with Gasteiger partial charge in [-0.1, -0.05) is 54.6 Å². The summed E-state index contributed by atoms with van der Waals surface area (Å²) in [7, 11) is 5.14. The van der Waals surface area contributed by atoms with Crippen LogP contribution in [0.5, 0.6) is 0 Å². The number of amides is 2. The summed E-state index contributed by atoms with van der Waals surface area (Å²) in [5.74, 6) is -3.73. The molecule has 38 heavy (non-hydrogen) atoms. The van der Waals surface area contributed by atoms with E-state index in [1.807, 2.05) is 49.3 Å². The monoisotopic (exact) mass is 511 g/mol. The summed E-state index contributed by atoms with van der Waals surface area (Å²) in [5, 5.41) is 3.39. The highest BCUT2D eigenvalue weighted by atomic mass is 16.5. The minimum atomic E-state index is -1.59. The molecule has 0 unspecified atom stereocenters. The molecular formula is C30H29N3O5. The average Bonchev–Trinajstić information content (AvgIpc) is 3.43. The molecule has 3 aromatic rings. The molecule has 2 amide bonds. The molecule has 8 nitrogen and oxygen atoms in total. The highest BCUT2D eigenvalue weighted by Crippen LogP contribution is 2.54. The van der Waals surface area contributed by atoms with Crippen molar-refractivity contribution in [2.75, 3.05) is 31.0 Å². The van der Waals surface area contributed by atoms with E-state index in [1.165, 1.54) is 20.1 Å². The molecule has 2 heterocycles. The molecule has 0 aliphatic carbocycles. The molecule has 2 saturated heterocycles. The van der Waals surface area contributed by atoms with Gasteiger partial charge in [0.05, 0.1) is 24.6 Å². The number of ketones is 1. The maximum Gasteiger partial charge on any atom is 0.331 e. The first kappa shape index (κ1) is 25.4. The first-order valence-corrected chi connectivity index (χ1v) is 12.4. The van der Waals surface area contributed by atoms with Gasteiger partial charge in [0.15, 0.2) is 11.3 Å². The zero-order chi connectivity index (χ0) is 27.2.